The highest BCUT2D eigenvalue weighted by atomic mass is 35.5. The number of fused-ring (bicyclic) bond motifs is 4. The number of rotatable bonds is 4. The van der Waals surface area contributed by atoms with Crippen LogP contribution in [0.15, 0.2) is 36.4 Å². The molecule has 1 unspecified atom stereocenters. The van der Waals surface area contributed by atoms with E-state index in [0.29, 0.717) is 16.7 Å². The van der Waals surface area contributed by atoms with E-state index in [9.17, 15) is 0 Å². The Kier molecular flexibility index (Phi) is 4.14. The zero-order chi connectivity index (χ0) is 16.7. The zero-order valence-electron chi connectivity index (χ0n) is 13.8. The van der Waals surface area contributed by atoms with Crippen molar-refractivity contribution in [1.29, 1.82) is 0 Å². The van der Waals surface area contributed by atoms with Crippen LogP contribution in [0.2, 0.25) is 10.0 Å². The van der Waals surface area contributed by atoms with Crippen molar-refractivity contribution in [2.24, 2.45) is 0 Å². The molecule has 0 fully saturated rings. The lowest BCUT2D eigenvalue weighted by Gasteiger charge is -2.25. The summed E-state index contributed by atoms with van der Waals surface area (Å²) >= 11 is 12.5. The molecule has 2 aromatic carbocycles. The smallest absolute Gasteiger partial charge is 0.125 e. The lowest BCUT2D eigenvalue weighted by molar-refractivity contribution is 0.299. The maximum absolute atomic E-state index is 6.32. The van der Waals surface area contributed by atoms with Crippen LogP contribution in [0.4, 0.5) is 5.69 Å². The van der Waals surface area contributed by atoms with E-state index in [1.807, 2.05) is 12.1 Å². The number of hydrogen-bond acceptors (Lipinski definition) is 2. The van der Waals surface area contributed by atoms with Gasteiger partial charge in [-0.3, -0.25) is 0 Å². The van der Waals surface area contributed by atoms with Crippen molar-refractivity contribution in [3.63, 3.8) is 0 Å². The molecule has 0 aromatic heterocycles. The minimum Gasteiger partial charge on any atom is -0.492 e. The van der Waals surface area contributed by atoms with Gasteiger partial charge in [0.25, 0.3) is 0 Å². The number of anilines is 1. The van der Waals surface area contributed by atoms with E-state index >= 15 is 0 Å². The summed E-state index contributed by atoms with van der Waals surface area (Å²) < 4.78 is 6.03. The van der Waals surface area contributed by atoms with Crippen LogP contribution in [0.5, 0.6) is 5.75 Å². The predicted octanol–water partition coefficient (Wildman–Crippen LogP) is 5.68. The minimum atomic E-state index is -0.133. The van der Waals surface area contributed by atoms with Crippen LogP contribution in [0, 0.1) is 0 Å². The Morgan fingerprint density at radius 1 is 1.08 bits per heavy atom. The van der Waals surface area contributed by atoms with E-state index in [1.165, 1.54) is 36.1 Å². The first-order chi connectivity index (χ1) is 11.7. The number of unbranched alkanes of at least 4 members (excludes halogenated alkanes) is 2. The number of nitrogens with zero attached hydrogens (tertiary/aromatic N) is 1. The third-order valence-corrected chi connectivity index (χ3v) is 5.99. The molecule has 0 saturated carbocycles. The molecule has 2 aliphatic heterocycles. The van der Waals surface area contributed by atoms with Crippen molar-refractivity contribution in [2.75, 3.05) is 24.6 Å². The van der Waals surface area contributed by atoms with Crippen molar-refractivity contribution < 1.29 is 4.74 Å². The Morgan fingerprint density at radius 3 is 2.71 bits per heavy atom. The first-order valence-corrected chi connectivity index (χ1v) is 9.38. The lowest BCUT2D eigenvalue weighted by atomic mass is 9.78. The second-order valence-electron chi connectivity index (χ2n) is 6.78. The van der Waals surface area contributed by atoms with Crippen LogP contribution in [-0.4, -0.2) is 19.7 Å². The summed E-state index contributed by atoms with van der Waals surface area (Å²) in [5.41, 5.74) is 3.71. The van der Waals surface area contributed by atoms with E-state index in [1.54, 1.807) is 0 Å². The molecule has 0 aliphatic carbocycles. The molecule has 2 heterocycles. The van der Waals surface area contributed by atoms with Gasteiger partial charge in [-0.1, -0.05) is 61.2 Å². The summed E-state index contributed by atoms with van der Waals surface area (Å²) in [4.78, 5) is 2.51. The molecule has 24 heavy (non-hydrogen) atoms. The monoisotopic (exact) mass is 361 g/mol. The molecule has 2 nitrogen and oxygen atoms in total. The summed E-state index contributed by atoms with van der Waals surface area (Å²) in [7, 11) is 0. The first kappa shape index (κ1) is 16.1. The number of ether oxygens (including phenoxy) is 1. The summed E-state index contributed by atoms with van der Waals surface area (Å²) in [6, 6.07) is 12.6. The first-order valence-electron chi connectivity index (χ1n) is 8.62. The quantitative estimate of drug-likeness (QED) is 0.649. The average molecular weight is 362 g/mol. The predicted molar refractivity (Wildman–Crippen MR) is 101 cm³/mol. The summed E-state index contributed by atoms with van der Waals surface area (Å²) in [6.45, 7) is 4.93. The van der Waals surface area contributed by atoms with Gasteiger partial charge < -0.3 is 9.64 Å². The second-order valence-corrected chi connectivity index (χ2v) is 7.59. The van der Waals surface area contributed by atoms with Gasteiger partial charge in [-0.05, 0) is 24.1 Å². The van der Waals surface area contributed by atoms with Crippen LogP contribution in [0.3, 0.4) is 0 Å². The fourth-order valence-corrected chi connectivity index (χ4v) is 4.37. The van der Waals surface area contributed by atoms with Crippen LogP contribution >= 0.6 is 23.2 Å². The number of para-hydroxylation sites is 1. The van der Waals surface area contributed by atoms with E-state index in [0.717, 1.165) is 18.8 Å². The largest absolute Gasteiger partial charge is 0.492 e. The Hall–Kier alpha value is -1.38. The lowest BCUT2D eigenvalue weighted by Crippen LogP contribution is -2.36. The molecule has 1 spiro atoms. The SMILES string of the molecule is CCCCCN1CC2(COc3cc(Cl)c(Cl)cc32)c2ccccc21. The molecule has 1 atom stereocenters. The van der Waals surface area contributed by atoms with Crippen LogP contribution in [0.1, 0.15) is 37.3 Å². The molecule has 0 radical (unpaired) electrons. The second kappa shape index (κ2) is 6.16. The Bertz CT molecular complexity index is 776. The van der Waals surface area contributed by atoms with Crippen molar-refractivity contribution in [3.05, 3.63) is 57.6 Å². The molecular weight excluding hydrogens is 341 g/mol. The van der Waals surface area contributed by atoms with Gasteiger partial charge in [0.2, 0.25) is 0 Å². The Labute approximate surface area is 153 Å². The highest BCUT2D eigenvalue weighted by Gasteiger charge is 2.49. The molecule has 0 saturated heterocycles. The summed E-state index contributed by atoms with van der Waals surface area (Å²) in [6.07, 6.45) is 3.72. The van der Waals surface area contributed by atoms with Gasteiger partial charge in [0, 0.05) is 30.4 Å². The van der Waals surface area contributed by atoms with Crippen molar-refractivity contribution in [1.82, 2.24) is 0 Å². The zero-order valence-corrected chi connectivity index (χ0v) is 15.3. The molecule has 4 heteroatoms. The van der Waals surface area contributed by atoms with Crippen LogP contribution in [-0.2, 0) is 5.41 Å². The third-order valence-electron chi connectivity index (χ3n) is 5.26. The maximum Gasteiger partial charge on any atom is 0.125 e. The van der Waals surface area contributed by atoms with E-state index in [4.69, 9.17) is 27.9 Å². The van der Waals surface area contributed by atoms with Gasteiger partial charge in [-0.2, -0.15) is 0 Å². The van der Waals surface area contributed by atoms with Crippen molar-refractivity contribution in [3.8, 4) is 5.75 Å². The fraction of sp³-hybridized carbons (Fsp3) is 0.400. The van der Waals surface area contributed by atoms with Gasteiger partial charge in [-0.25, -0.2) is 0 Å². The highest BCUT2D eigenvalue weighted by molar-refractivity contribution is 6.42. The molecule has 0 amide bonds. The highest BCUT2D eigenvalue weighted by Crippen LogP contribution is 2.52. The van der Waals surface area contributed by atoms with E-state index < -0.39 is 0 Å². The average Bonchev–Trinajstić information content (AvgIpc) is 3.09. The molecule has 4 rings (SSSR count). The Morgan fingerprint density at radius 2 is 1.88 bits per heavy atom. The van der Waals surface area contributed by atoms with Gasteiger partial charge in [-0.15, -0.1) is 0 Å². The molecular formula is C20H21Cl2NO. The molecule has 2 aliphatic rings. The third kappa shape index (κ3) is 2.39. The van der Waals surface area contributed by atoms with Crippen molar-refractivity contribution >= 4 is 28.9 Å². The van der Waals surface area contributed by atoms with Gasteiger partial charge in [0.1, 0.15) is 12.4 Å². The molecule has 0 bridgehead atoms. The van der Waals surface area contributed by atoms with Gasteiger partial charge in [0.15, 0.2) is 0 Å². The molecule has 126 valence electrons. The van der Waals surface area contributed by atoms with Crippen molar-refractivity contribution in [2.45, 2.75) is 31.6 Å². The van der Waals surface area contributed by atoms with Gasteiger partial charge >= 0.3 is 0 Å². The van der Waals surface area contributed by atoms with Gasteiger partial charge in [0.05, 0.1) is 15.5 Å². The number of halogens is 2. The fourth-order valence-electron chi connectivity index (χ4n) is 4.06. The molecule has 0 N–H and O–H groups in total. The van der Waals surface area contributed by atoms with Crippen LogP contribution in [0.25, 0.3) is 0 Å². The normalized spacial score (nSPS) is 21.0. The maximum atomic E-state index is 6.32. The van der Waals surface area contributed by atoms with E-state index in [-0.39, 0.29) is 5.41 Å². The topological polar surface area (TPSA) is 12.5 Å². The van der Waals surface area contributed by atoms with Crippen LogP contribution < -0.4 is 9.64 Å². The number of benzene rings is 2. The Balaban J connectivity index is 1.77. The van der Waals surface area contributed by atoms with E-state index in [2.05, 4.69) is 36.1 Å². The number of hydrogen-bond donors (Lipinski definition) is 0. The summed E-state index contributed by atoms with van der Waals surface area (Å²) in [5.74, 6) is 0.870. The summed E-state index contributed by atoms with van der Waals surface area (Å²) in [5, 5.41) is 1.15. The standard InChI is InChI=1S/C20H21Cl2NO/c1-2-3-6-9-23-12-20(14-7-4-5-8-18(14)23)13-24-19-11-17(22)16(21)10-15(19)20/h4-5,7-8,10-11H,2-3,6,9,12-13H2,1H3. The molecule has 2 aromatic rings. The minimum absolute atomic E-state index is 0.133.